The minimum atomic E-state index is -1.29. The molecule has 1 fully saturated rings. The van der Waals surface area contributed by atoms with Crippen LogP contribution in [0.2, 0.25) is 0 Å². The molecule has 0 N–H and O–H groups in total. The smallest absolute Gasteiger partial charge is 0.390 e. The van der Waals surface area contributed by atoms with Gasteiger partial charge in [-0.25, -0.2) is 0 Å². The van der Waals surface area contributed by atoms with Gasteiger partial charge in [-0.05, 0) is 31.9 Å². The zero-order chi connectivity index (χ0) is 12.5. The lowest BCUT2D eigenvalue weighted by molar-refractivity contribution is 0.114. The second kappa shape index (κ2) is 8.83. The number of epoxide rings is 1. The summed E-state index contributed by atoms with van der Waals surface area (Å²) in [4.78, 5) is 0. The molecule has 0 spiro atoms. The van der Waals surface area contributed by atoms with Gasteiger partial charge >= 0.3 is 9.28 Å². The number of hydrogen-bond donors (Lipinski definition) is 0. The van der Waals surface area contributed by atoms with Crippen molar-refractivity contribution in [1.29, 1.82) is 0 Å². The Kier molecular flexibility index (Phi) is 7.71. The van der Waals surface area contributed by atoms with Crippen molar-refractivity contribution in [3.05, 3.63) is 11.8 Å². The molecule has 1 rings (SSSR count). The van der Waals surface area contributed by atoms with E-state index in [0.717, 1.165) is 37.9 Å². The molecule has 99 valence electrons. The molecule has 1 radical (unpaired) electrons. The van der Waals surface area contributed by atoms with Crippen molar-refractivity contribution in [2.45, 2.75) is 32.8 Å². The second-order valence-corrected chi connectivity index (χ2v) is 5.75. The number of ether oxygens (including phenoxy) is 2. The van der Waals surface area contributed by atoms with E-state index in [1.807, 2.05) is 13.8 Å². The highest BCUT2D eigenvalue weighted by molar-refractivity contribution is 6.53. The second-order valence-electron chi connectivity index (χ2n) is 3.89. The van der Waals surface area contributed by atoms with Crippen molar-refractivity contribution in [3.63, 3.8) is 0 Å². The minimum absolute atomic E-state index is 0.352. The van der Waals surface area contributed by atoms with E-state index in [2.05, 4.69) is 6.58 Å². The van der Waals surface area contributed by atoms with Gasteiger partial charge in [-0.1, -0.05) is 6.58 Å². The zero-order valence-corrected chi connectivity index (χ0v) is 11.9. The van der Waals surface area contributed by atoms with Crippen LogP contribution in [0.15, 0.2) is 11.8 Å². The van der Waals surface area contributed by atoms with E-state index in [4.69, 9.17) is 18.3 Å². The fourth-order valence-electron chi connectivity index (χ4n) is 1.38. The number of allylic oxidation sites excluding steroid dienone is 1. The lowest BCUT2D eigenvalue weighted by Gasteiger charge is -2.15. The molecule has 1 aliphatic heterocycles. The first kappa shape index (κ1) is 14.9. The van der Waals surface area contributed by atoms with Gasteiger partial charge < -0.3 is 18.3 Å². The third-order valence-corrected chi connectivity index (χ3v) is 4.24. The first-order valence-corrected chi connectivity index (χ1v) is 7.59. The average molecular weight is 259 g/mol. The normalized spacial score (nSPS) is 18.6. The highest BCUT2D eigenvalue weighted by Crippen LogP contribution is 2.11. The van der Waals surface area contributed by atoms with E-state index in [-0.39, 0.29) is 0 Å². The number of hydrogen-bond acceptors (Lipinski definition) is 4. The molecule has 0 aromatic rings. The zero-order valence-electron chi connectivity index (χ0n) is 10.9. The Morgan fingerprint density at radius 3 is 2.53 bits per heavy atom. The van der Waals surface area contributed by atoms with Gasteiger partial charge in [0.05, 0.1) is 13.2 Å². The molecule has 17 heavy (non-hydrogen) atoms. The average Bonchev–Trinajstić information content (AvgIpc) is 3.12. The van der Waals surface area contributed by atoms with Gasteiger partial charge in [0.2, 0.25) is 0 Å². The quantitative estimate of drug-likeness (QED) is 0.322. The molecule has 1 saturated heterocycles. The van der Waals surface area contributed by atoms with Gasteiger partial charge in [0.25, 0.3) is 0 Å². The van der Waals surface area contributed by atoms with E-state index >= 15 is 0 Å². The van der Waals surface area contributed by atoms with Gasteiger partial charge in [-0.2, -0.15) is 0 Å². The summed E-state index contributed by atoms with van der Waals surface area (Å²) < 4.78 is 21.7. The van der Waals surface area contributed by atoms with Crippen LogP contribution < -0.4 is 0 Å². The highest BCUT2D eigenvalue weighted by atomic mass is 28.3. The van der Waals surface area contributed by atoms with Crippen LogP contribution in [0, 0.1) is 0 Å². The lowest BCUT2D eigenvalue weighted by Crippen LogP contribution is -2.26. The summed E-state index contributed by atoms with van der Waals surface area (Å²) in [5.74, 6) is 0. The van der Waals surface area contributed by atoms with E-state index in [0.29, 0.717) is 19.3 Å². The topological polar surface area (TPSA) is 40.2 Å². The van der Waals surface area contributed by atoms with E-state index < -0.39 is 9.28 Å². The molecule has 0 aliphatic carbocycles. The van der Waals surface area contributed by atoms with Gasteiger partial charge in [0.15, 0.2) is 0 Å². The Bertz CT molecular complexity index is 213. The Labute approximate surface area is 106 Å². The standard InChI is InChI=1S/C12H23O4Si/c1-4-15-17(16-5-2)11(3)7-6-8-13-9-12-10-14-12/h12H,3-10H2,1-2H3. The third kappa shape index (κ3) is 6.95. The molecule has 0 aromatic heterocycles. The van der Waals surface area contributed by atoms with Crippen molar-refractivity contribution < 1.29 is 18.3 Å². The van der Waals surface area contributed by atoms with Crippen LogP contribution in [0.4, 0.5) is 0 Å². The molecule has 1 heterocycles. The molecular weight excluding hydrogens is 236 g/mol. The summed E-state index contributed by atoms with van der Waals surface area (Å²) in [6, 6.07) is 0. The number of rotatable bonds is 11. The van der Waals surface area contributed by atoms with Crippen LogP contribution in [0.3, 0.4) is 0 Å². The molecule has 4 nitrogen and oxygen atoms in total. The SMILES string of the molecule is C=C(CCCOCC1CO1)[Si](OCC)OCC. The fourth-order valence-corrected chi connectivity index (χ4v) is 2.77. The van der Waals surface area contributed by atoms with Gasteiger partial charge in [-0.3, -0.25) is 0 Å². The summed E-state index contributed by atoms with van der Waals surface area (Å²) in [6.07, 6.45) is 2.24. The molecule has 1 unspecified atom stereocenters. The molecule has 0 aromatic carbocycles. The van der Waals surface area contributed by atoms with Crippen molar-refractivity contribution in [3.8, 4) is 0 Å². The van der Waals surface area contributed by atoms with Gasteiger partial charge in [-0.15, -0.1) is 0 Å². The molecule has 0 amide bonds. The largest absolute Gasteiger partial charge is 0.418 e. The lowest BCUT2D eigenvalue weighted by atomic mass is 10.3. The monoisotopic (exact) mass is 259 g/mol. The van der Waals surface area contributed by atoms with Gasteiger partial charge in [0, 0.05) is 19.8 Å². The predicted molar refractivity (Wildman–Crippen MR) is 67.9 cm³/mol. The summed E-state index contributed by atoms with van der Waals surface area (Å²) in [5, 5.41) is 1.09. The van der Waals surface area contributed by atoms with Crippen molar-refractivity contribution in [2.24, 2.45) is 0 Å². The van der Waals surface area contributed by atoms with E-state index in [1.54, 1.807) is 0 Å². The van der Waals surface area contributed by atoms with Crippen LogP contribution in [0.1, 0.15) is 26.7 Å². The van der Waals surface area contributed by atoms with Crippen molar-refractivity contribution >= 4 is 9.28 Å². The van der Waals surface area contributed by atoms with Crippen LogP contribution in [0.25, 0.3) is 0 Å². The molecule has 5 heteroatoms. The summed E-state index contributed by atoms with van der Waals surface area (Å²) in [7, 11) is -1.29. The molecule has 0 saturated carbocycles. The first-order chi connectivity index (χ1) is 8.27. The maximum atomic E-state index is 5.57. The third-order valence-electron chi connectivity index (χ3n) is 2.31. The maximum Gasteiger partial charge on any atom is 0.418 e. The van der Waals surface area contributed by atoms with Crippen LogP contribution in [-0.4, -0.2) is 48.4 Å². The Balaban J connectivity index is 2.03. The fraction of sp³-hybridized carbons (Fsp3) is 0.833. The van der Waals surface area contributed by atoms with Crippen molar-refractivity contribution in [1.82, 2.24) is 0 Å². The minimum Gasteiger partial charge on any atom is -0.390 e. The van der Waals surface area contributed by atoms with Crippen LogP contribution in [0.5, 0.6) is 0 Å². The molecule has 1 atom stereocenters. The molecule has 0 bridgehead atoms. The highest BCUT2D eigenvalue weighted by Gasteiger charge is 2.22. The van der Waals surface area contributed by atoms with Crippen LogP contribution >= 0.6 is 0 Å². The Morgan fingerprint density at radius 2 is 2.00 bits per heavy atom. The maximum absolute atomic E-state index is 5.57. The molecule has 1 aliphatic rings. The summed E-state index contributed by atoms with van der Waals surface area (Å²) in [5.41, 5.74) is 0. The Morgan fingerprint density at radius 1 is 1.35 bits per heavy atom. The van der Waals surface area contributed by atoms with Crippen LogP contribution in [-0.2, 0) is 18.3 Å². The van der Waals surface area contributed by atoms with Crippen molar-refractivity contribution in [2.75, 3.05) is 33.0 Å². The predicted octanol–water partition coefficient (Wildman–Crippen LogP) is 1.84. The van der Waals surface area contributed by atoms with E-state index in [1.165, 1.54) is 0 Å². The Hall–Kier alpha value is -0.203. The first-order valence-electron chi connectivity index (χ1n) is 6.28. The summed E-state index contributed by atoms with van der Waals surface area (Å²) >= 11 is 0. The van der Waals surface area contributed by atoms with Gasteiger partial charge in [0.1, 0.15) is 6.10 Å². The van der Waals surface area contributed by atoms with E-state index in [9.17, 15) is 0 Å². The summed E-state index contributed by atoms with van der Waals surface area (Å²) in [6.45, 7) is 11.7. The molecular formula is C12H23O4Si.